The smallest absolute Gasteiger partial charge is 0.271 e. The fourth-order valence-electron chi connectivity index (χ4n) is 2.54. The van der Waals surface area contributed by atoms with Gasteiger partial charge in [0, 0.05) is 10.8 Å². The van der Waals surface area contributed by atoms with E-state index in [0.29, 0.717) is 26.1 Å². The van der Waals surface area contributed by atoms with Crippen LogP contribution in [0.15, 0.2) is 39.9 Å². The zero-order valence-electron chi connectivity index (χ0n) is 12.9. The van der Waals surface area contributed by atoms with Crippen molar-refractivity contribution >= 4 is 43.4 Å². The molecular formula is C16H11FN4O3S. The lowest BCUT2D eigenvalue weighted by atomic mass is 10.2. The van der Waals surface area contributed by atoms with Gasteiger partial charge in [0.2, 0.25) is 5.91 Å². The molecule has 7 nitrogen and oxygen atoms in total. The van der Waals surface area contributed by atoms with Gasteiger partial charge in [-0.1, -0.05) is 11.2 Å². The number of anilines is 1. The van der Waals surface area contributed by atoms with Gasteiger partial charge in [0.05, 0.1) is 17.2 Å². The Labute approximate surface area is 143 Å². The second-order valence-corrected chi connectivity index (χ2v) is 6.49. The van der Waals surface area contributed by atoms with E-state index in [1.54, 1.807) is 25.1 Å². The Kier molecular flexibility index (Phi) is 3.57. The van der Waals surface area contributed by atoms with Crippen LogP contribution in [0.3, 0.4) is 0 Å². The molecule has 0 aliphatic rings. The quantitative estimate of drug-likeness (QED) is 0.608. The zero-order valence-corrected chi connectivity index (χ0v) is 13.8. The molecule has 0 radical (unpaired) electrons. The number of fused-ring (bicyclic) bond motifs is 3. The number of nitrogens with one attached hydrogen (secondary N) is 1. The fourth-order valence-corrected chi connectivity index (χ4v) is 3.66. The Bertz CT molecular complexity index is 1180. The van der Waals surface area contributed by atoms with Crippen LogP contribution in [0, 0.1) is 12.7 Å². The van der Waals surface area contributed by atoms with E-state index >= 15 is 0 Å². The summed E-state index contributed by atoms with van der Waals surface area (Å²) in [5.41, 5.74) is -0.0797. The standard InChI is InChI=1S/C16H11FN4O3S/c1-8-5-11(20-24-8)19-12(22)6-21-7-18-14-13-9(17)3-2-4-10(13)25-15(14)16(21)23/h2-5,7H,6H2,1H3,(H,19,20,22). The molecule has 3 aromatic heterocycles. The van der Waals surface area contributed by atoms with Gasteiger partial charge in [0.15, 0.2) is 5.82 Å². The molecule has 9 heteroatoms. The highest BCUT2D eigenvalue weighted by Crippen LogP contribution is 2.31. The second-order valence-electron chi connectivity index (χ2n) is 5.44. The molecule has 0 unspecified atom stereocenters. The molecule has 0 saturated carbocycles. The number of hydrogen-bond donors (Lipinski definition) is 1. The topological polar surface area (TPSA) is 90.0 Å². The van der Waals surface area contributed by atoms with Crippen LogP contribution in [0.1, 0.15) is 5.76 Å². The van der Waals surface area contributed by atoms with Crippen LogP contribution in [-0.4, -0.2) is 20.6 Å². The first kappa shape index (κ1) is 15.5. The third-order valence-electron chi connectivity index (χ3n) is 3.63. The van der Waals surface area contributed by atoms with Crippen molar-refractivity contribution in [3.63, 3.8) is 0 Å². The molecule has 0 bridgehead atoms. The van der Waals surface area contributed by atoms with Crippen LogP contribution < -0.4 is 10.9 Å². The minimum atomic E-state index is -0.441. The summed E-state index contributed by atoms with van der Waals surface area (Å²) in [6.07, 6.45) is 1.25. The molecule has 4 aromatic rings. The number of aromatic nitrogens is 3. The number of thiophene rings is 1. The van der Waals surface area contributed by atoms with E-state index in [0.717, 1.165) is 11.3 Å². The third kappa shape index (κ3) is 2.68. The van der Waals surface area contributed by atoms with Crippen molar-refractivity contribution in [3.05, 3.63) is 52.5 Å². The molecule has 0 atom stereocenters. The maximum Gasteiger partial charge on any atom is 0.271 e. The van der Waals surface area contributed by atoms with Crippen molar-refractivity contribution in [2.75, 3.05) is 5.32 Å². The molecule has 0 spiro atoms. The van der Waals surface area contributed by atoms with Crippen LogP contribution in [-0.2, 0) is 11.3 Å². The third-order valence-corrected chi connectivity index (χ3v) is 4.76. The van der Waals surface area contributed by atoms with Crippen LogP contribution in [0.5, 0.6) is 0 Å². The monoisotopic (exact) mass is 358 g/mol. The van der Waals surface area contributed by atoms with Crippen LogP contribution in [0.2, 0.25) is 0 Å². The predicted molar refractivity (Wildman–Crippen MR) is 91.2 cm³/mol. The Hall–Kier alpha value is -3.07. The lowest BCUT2D eigenvalue weighted by Gasteiger charge is -2.04. The van der Waals surface area contributed by atoms with Gasteiger partial charge < -0.3 is 9.84 Å². The van der Waals surface area contributed by atoms with Crippen molar-refractivity contribution in [1.29, 1.82) is 0 Å². The lowest BCUT2D eigenvalue weighted by molar-refractivity contribution is -0.116. The van der Waals surface area contributed by atoms with E-state index in [9.17, 15) is 14.0 Å². The molecule has 0 aliphatic heterocycles. The lowest BCUT2D eigenvalue weighted by Crippen LogP contribution is -2.27. The number of hydrogen-bond acceptors (Lipinski definition) is 6. The van der Waals surface area contributed by atoms with E-state index in [-0.39, 0.29) is 12.4 Å². The molecular weight excluding hydrogens is 347 g/mol. The SMILES string of the molecule is Cc1cc(NC(=O)Cn2cnc3c(sc4cccc(F)c43)c2=O)no1. The molecule has 1 N–H and O–H groups in total. The first-order valence-electron chi connectivity index (χ1n) is 7.32. The second kappa shape index (κ2) is 5.78. The molecule has 3 heterocycles. The Morgan fingerprint density at radius 2 is 2.28 bits per heavy atom. The number of aryl methyl sites for hydroxylation is 1. The van der Waals surface area contributed by atoms with Crippen LogP contribution in [0.25, 0.3) is 20.3 Å². The summed E-state index contributed by atoms with van der Waals surface area (Å²) >= 11 is 1.16. The van der Waals surface area contributed by atoms with Crippen LogP contribution >= 0.6 is 11.3 Å². The van der Waals surface area contributed by atoms with Gasteiger partial charge in [-0.2, -0.15) is 0 Å². The minimum absolute atomic E-state index is 0.232. The summed E-state index contributed by atoms with van der Waals surface area (Å²) in [5.74, 6) is -0.0345. The van der Waals surface area contributed by atoms with Crippen molar-refractivity contribution in [2.45, 2.75) is 13.5 Å². The average Bonchev–Trinajstić information content (AvgIpc) is 3.15. The summed E-state index contributed by atoms with van der Waals surface area (Å²) < 4.78 is 21.0. The Morgan fingerprint density at radius 3 is 3.04 bits per heavy atom. The van der Waals surface area contributed by atoms with E-state index in [1.165, 1.54) is 17.0 Å². The van der Waals surface area contributed by atoms with Gasteiger partial charge in [-0.25, -0.2) is 9.37 Å². The number of rotatable bonds is 3. The van der Waals surface area contributed by atoms with Gasteiger partial charge in [-0.05, 0) is 19.1 Å². The number of amides is 1. The number of carbonyl (C=O) groups is 1. The molecule has 0 fully saturated rings. The number of benzene rings is 1. The van der Waals surface area contributed by atoms with Crippen LogP contribution in [0.4, 0.5) is 10.2 Å². The van der Waals surface area contributed by atoms with E-state index in [4.69, 9.17) is 4.52 Å². The van der Waals surface area contributed by atoms with Gasteiger partial charge in [-0.3, -0.25) is 14.2 Å². The highest BCUT2D eigenvalue weighted by atomic mass is 32.1. The molecule has 1 aromatic carbocycles. The first-order valence-corrected chi connectivity index (χ1v) is 8.14. The van der Waals surface area contributed by atoms with Gasteiger partial charge in [0.25, 0.3) is 5.56 Å². The molecule has 0 aliphatic carbocycles. The normalized spacial score (nSPS) is 11.3. The zero-order chi connectivity index (χ0) is 17.6. The maximum atomic E-state index is 14.0. The van der Waals surface area contributed by atoms with Crippen molar-refractivity contribution < 1.29 is 13.7 Å². The summed E-state index contributed by atoms with van der Waals surface area (Å²) in [4.78, 5) is 28.8. The van der Waals surface area contributed by atoms with Gasteiger partial charge in [-0.15, -0.1) is 11.3 Å². The van der Waals surface area contributed by atoms with E-state index < -0.39 is 17.3 Å². The van der Waals surface area contributed by atoms with Gasteiger partial charge >= 0.3 is 0 Å². The number of halogens is 1. The minimum Gasteiger partial charge on any atom is -0.360 e. The van der Waals surface area contributed by atoms with Gasteiger partial charge in [0.1, 0.15) is 22.8 Å². The summed E-state index contributed by atoms with van der Waals surface area (Å²) in [5, 5.41) is 6.52. The summed E-state index contributed by atoms with van der Waals surface area (Å²) in [6.45, 7) is 1.47. The maximum absolute atomic E-state index is 14.0. The first-order chi connectivity index (χ1) is 12.0. The van der Waals surface area contributed by atoms with Crippen molar-refractivity contribution in [1.82, 2.24) is 14.7 Å². The van der Waals surface area contributed by atoms with E-state index in [2.05, 4.69) is 15.5 Å². The Morgan fingerprint density at radius 1 is 1.44 bits per heavy atom. The molecule has 1 amide bonds. The van der Waals surface area contributed by atoms with E-state index in [1.807, 2.05) is 0 Å². The highest BCUT2D eigenvalue weighted by molar-refractivity contribution is 7.25. The Balaban J connectivity index is 1.70. The molecule has 0 saturated heterocycles. The predicted octanol–water partition coefficient (Wildman–Crippen LogP) is 2.69. The largest absolute Gasteiger partial charge is 0.360 e. The molecule has 25 heavy (non-hydrogen) atoms. The fraction of sp³-hybridized carbons (Fsp3) is 0.125. The number of carbonyl (C=O) groups excluding carboxylic acids is 1. The molecule has 4 rings (SSSR count). The van der Waals surface area contributed by atoms with Crippen molar-refractivity contribution in [2.24, 2.45) is 0 Å². The summed E-state index contributed by atoms with van der Waals surface area (Å²) in [6, 6.07) is 6.21. The highest BCUT2D eigenvalue weighted by Gasteiger charge is 2.16. The number of nitrogens with zero attached hydrogens (tertiary/aromatic N) is 3. The summed E-state index contributed by atoms with van der Waals surface area (Å²) in [7, 11) is 0. The molecule has 126 valence electrons. The van der Waals surface area contributed by atoms with Crippen molar-refractivity contribution in [3.8, 4) is 0 Å². The average molecular weight is 358 g/mol.